The molecule has 2 rings (SSSR count). The van der Waals surface area contributed by atoms with Gasteiger partial charge in [0.15, 0.2) is 0 Å². The van der Waals surface area contributed by atoms with Gasteiger partial charge in [-0.1, -0.05) is 6.07 Å². The molecule has 2 aromatic rings. The zero-order valence-electron chi connectivity index (χ0n) is 9.03. The third kappa shape index (κ3) is 1.84. The molecule has 0 amide bonds. The zero-order chi connectivity index (χ0) is 11.7. The van der Waals surface area contributed by atoms with Gasteiger partial charge in [0, 0.05) is 0 Å². The molecule has 84 valence electrons. The quantitative estimate of drug-likeness (QED) is 0.792. The first-order valence-corrected chi connectivity index (χ1v) is 5.00. The monoisotopic (exact) mass is 220 g/mol. The molecule has 1 heterocycles. The van der Waals surface area contributed by atoms with Gasteiger partial charge in [0.25, 0.3) is 5.56 Å². The lowest BCUT2D eigenvalue weighted by Crippen LogP contribution is -2.22. The van der Waals surface area contributed by atoms with Crippen LogP contribution in [-0.4, -0.2) is 16.1 Å². The van der Waals surface area contributed by atoms with Crippen molar-refractivity contribution in [3.05, 3.63) is 39.0 Å². The molecule has 5 heteroatoms. The minimum atomic E-state index is -0.515. The van der Waals surface area contributed by atoms with Crippen LogP contribution in [0.1, 0.15) is 13.8 Å². The average molecular weight is 220 g/mol. The van der Waals surface area contributed by atoms with Gasteiger partial charge in [-0.25, -0.2) is 4.79 Å². The summed E-state index contributed by atoms with van der Waals surface area (Å²) in [6, 6.07) is 5.10. The second-order valence-electron chi connectivity index (χ2n) is 3.75. The number of hydrogen-bond acceptors (Lipinski definition) is 3. The summed E-state index contributed by atoms with van der Waals surface area (Å²) >= 11 is 0. The summed E-state index contributed by atoms with van der Waals surface area (Å²) in [6.07, 6.45) is -0.0306. The smallest absolute Gasteiger partial charge is 0.326 e. The Balaban J connectivity index is 2.77. The molecule has 1 aromatic carbocycles. The molecule has 0 aliphatic rings. The largest absolute Gasteiger partial charge is 0.490 e. The van der Waals surface area contributed by atoms with Gasteiger partial charge in [0.05, 0.1) is 11.6 Å². The Morgan fingerprint density at radius 2 is 1.94 bits per heavy atom. The van der Waals surface area contributed by atoms with E-state index >= 15 is 0 Å². The van der Waals surface area contributed by atoms with Gasteiger partial charge in [-0.2, -0.15) is 0 Å². The van der Waals surface area contributed by atoms with Crippen molar-refractivity contribution in [1.29, 1.82) is 0 Å². The highest BCUT2D eigenvalue weighted by Crippen LogP contribution is 2.20. The van der Waals surface area contributed by atoms with Crippen LogP contribution in [-0.2, 0) is 0 Å². The van der Waals surface area contributed by atoms with E-state index < -0.39 is 11.2 Å². The maximum atomic E-state index is 11.6. The molecule has 0 atom stereocenters. The van der Waals surface area contributed by atoms with E-state index in [0.29, 0.717) is 16.7 Å². The number of rotatable bonds is 2. The SMILES string of the molecule is CC(C)Oc1cccc2[nH]c(=O)[nH]c(=O)c12. The van der Waals surface area contributed by atoms with Gasteiger partial charge in [0.1, 0.15) is 11.1 Å². The van der Waals surface area contributed by atoms with E-state index in [-0.39, 0.29) is 6.10 Å². The van der Waals surface area contributed by atoms with Crippen LogP contribution in [0.2, 0.25) is 0 Å². The standard InChI is InChI=1S/C11H12N2O3/c1-6(2)16-8-5-3-4-7-9(8)10(14)13-11(15)12-7/h3-6H,1-2H3,(H2,12,13,14,15). The van der Waals surface area contributed by atoms with Crippen molar-refractivity contribution in [2.75, 3.05) is 0 Å². The molecule has 16 heavy (non-hydrogen) atoms. The Hall–Kier alpha value is -2.04. The van der Waals surface area contributed by atoms with Crippen molar-refractivity contribution < 1.29 is 4.74 Å². The number of hydrogen-bond donors (Lipinski definition) is 2. The van der Waals surface area contributed by atoms with Crippen LogP contribution in [0.5, 0.6) is 5.75 Å². The highest BCUT2D eigenvalue weighted by atomic mass is 16.5. The molecule has 0 bridgehead atoms. The number of H-pyrrole nitrogens is 2. The average Bonchev–Trinajstić information content (AvgIpc) is 2.15. The van der Waals surface area contributed by atoms with Crippen molar-refractivity contribution >= 4 is 10.9 Å². The molecule has 0 aliphatic heterocycles. The Labute approximate surface area is 91.1 Å². The summed E-state index contributed by atoms with van der Waals surface area (Å²) in [5.41, 5.74) is -0.471. The molecule has 0 radical (unpaired) electrons. The minimum absolute atomic E-state index is 0.0306. The number of aromatic amines is 2. The summed E-state index contributed by atoms with van der Waals surface area (Å²) in [4.78, 5) is 27.5. The van der Waals surface area contributed by atoms with Crippen LogP contribution in [0.25, 0.3) is 10.9 Å². The molecule has 2 N–H and O–H groups in total. The van der Waals surface area contributed by atoms with Crippen LogP contribution >= 0.6 is 0 Å². The molecule has 0 aliphatic carbocycles. The summed E-state index contributed by atoms with van der Waals surface area (Å²) in [5.74, 6) is 0.477. The highest BCUT2D eigenvalue weighted by Gasteiger charge is 2.08. The number of ether oxygens (including phenoxy) is 1. The van der Waals surface area contributed by atoms with Gasteiger partial charge >= 0.3 is 5.69 Å². The second kappa shape index (κ2) is 3.84. The van der Waals surface area contributed by atoms with E-state index in [0.717, 1.165) is 0 Å². The number of benzene rings is 1. The van der Waals surface area contributed by atoms with E-state index in [4.69, 9.17) is 4.74 Å². The number of aromatic nitrogens is 2. The maximum Gasteiger partial charge on any atom is 0.326 e. The fraction of sp³-hybridized carbons (Fsp3) is 0.273. The normalized spacial score (nSPS) is 10.9. The van der Waals surface area contributed by atoms with Gasteiger partial charge < -0.3 is 9.72 Å². The highest BCUT2D eigenvalue weighted by molar-refractivity contribution is 5.83. The predicted octanol–water partition coefficient (Wildman–Crippen LogP) is 1.00. The predicted molar refractivity (Wildman–Crippen MR) is 61.0 cm³/mol. The molecule has 1 aromatic heterocycles. The lowest BCUT2D eigenvalue weighted by atomic mass is 10.2. The van der Waals surface area contributed by atoms with Crippen LogP contribution in [0.4, 0.5) is 0 Å². The summed E-state index contributed by atoms with van der Waals surface area (Å²) < 4.78 is 5.51. The first-order valence-electron chi connectivity index (χ1n) is 5.00. The minimum Gasteiger partial charge on any atom is -0.490 e. The Kier molecular flexibility index (Phi) is 2.52. The molecular formula is C11H12N2O3. The van der Waals surface area contributed by atoms with Crippen LogP contribution < -0.4 is 16.0 Å². The molecule has 0 unspecified atom stereocenters. The third-order valence-corrected chi connectivity index (χ3v) is 2.09. The number of fused-ring (bicyclic) bond motifs is 1. The van der Waals surface area contributed by atoms with Crippen LogP contribution in [0, 0.1) is 0 Å². The fourth-order valence-electron chi connectivity index (χ4n) is 1.54. The van der Waals surface area contributed by atoms with Gasteiger partial charge in [-0.05, 0) is 26.0 Å². The first-order chi connectivity index (χ1) is 7.58. The lowest BCUT2D eigenvalue weighted by Gasteiger charge is -2.11. The van der Waals surface area contributed by atoms with Crippen molar-refractivity contribution in [1.82, 2.24) is 9.97 Å². The van der Waals surface area contributed by atoms with E-state index in [1.165, 1.54) is 0 Å². The number of nitrogens with one attached hydrogen (secondary N) is 2. The Morgan fingerprint density at radius 3 is 2.62 bits per heavy atom. The van der Waals surface area contributed by atoms with Crippen LogP contribution in [0.3, 0.4) is 0 Å². The Bertz CT molecular complexity index is 625. The van der Waals surface area contributed by atoms with Crippen molar-refractivity contribution in [3.63, 3.8) is 0 Å². The van der Waals surface area contributed by atoms with Gasteiger partial charge in [-0.15, -0.1) is 0 Å². The fourth-order valence-corrected chi connectivity index (χ4v) is 1.54. The van der Waals surface area contributed by atoms with Crippen LogP contribution in [0.15, 0.2) is 27.8 Å². The van der Waals surface area contributed by atoms with E-state index in [2.05, 4.69) is 9.97 Å². The molecule has 0 fully saturated rings. The molecule has 0 saturated heterocycles. The summed E-state index contributed by atoms with van der Waals surface area (Å²) in [6.45, 7) is 3.75. The summed E-state index contributed by atoms with van der Waals surface area (Å²) in [7, 11) is 0. The van der Waals surface area contributed by atoms with Crippen molar-refractivity contribution in [2.45, 2.75) is 20.0 Å². The van der Waals surface area contributed by atoms with Gasteiger partial charge in [0.2, 0.25) is 0 Å². The third-order valence-electron chi connectivity index (χ3n) is 2.09. The lowest BCUT2D eigenvalue weighted by molar-refractivity contribution is 0.245. The topological polar surface area (TPSA) is 75.0 Å². The van der Waals surface area contributed by atoms with E-state index in [1.54, 1.807) is 18.2 Å². The zero-order valence-corrected chi connectivity index (χ0v) is 9.03. The molecular weight excluding hydrogens is 208 g/mol. The van der Waals surface area contributed by atoms with E-state index in [9.17, 15) is 9.59 Å². The second-order valence-corrected chi connectivity index (χ2v) is 3.75. The molecule has 0 saturated carbocycles. The first kappa shape index (κ1) is 10.5. The van der Waals surface area contributed by atoms with Crippen molar-refractivity contribution in [2.24, 2.45) is 0 Å². The maximum absolute atomic E-state index is 11.6. The molecule has 0 spiro atoms. The van der Waals surface area contributed by atoms with Gasteiger partial charge in [-0.3, -0.25) is 9.78 Å². The molecule has 5 nitrogen and oxygen atoms in total. The summed E-state index contributed by atoms with van der Waals surface area (Å²) in [5, 5.41) is 0.371. The Morgan fingerprint density at radius 1 is 1.19 bits per heavy atom. The van der Waals surface area contributed by atoms with E-state index in [1.807, 2.05) is 13.8 Å². The van der Waals surface area contributed by atoms with Crippen molar-refractivity contribution in [3.8, 4) is 5.75 Å².